The highest BCUT2D eigenvalue weighted by Gasteiger charge is 2.33. The summed E-state index contributed by atoms with van der Waals surface area (Å²) in [6, 6.07) is 15.3. The molecule has 3 heterocycles. The minimum Gasteiger partial charge on any atom is -0.491 e. The third kappa shape index (κ3) is 7.19. The van der Waals surface area contributed by atoms with Gasteiger partial charge in [0.1, 0.15) is 43.3 Å². The van der Waals surface area contributed by atoms with Gasteiger partial charge in [0, 0.05) is 37.3 Å². The summed E-state index contributed by atoms with van der Waals surface area (Å²) in [5, 5.41) is 20.4. The van der Waals surface area contributed by atoms with E-state index in [2.05, 4.69) is 4.90 Å². The number of epoxide rings is 1. The van der Waals surface area contributed by atoms with Crippen molar-refractivity contribution in [2.45, 2.75) is 43.6 Å². The Balaban J connectivity index is 1.07. The molecular formula is C27H35ClN2O7. The van der Waals surface area contributed by atoms with Gasteiger partial charge in [0.2, 0.25) is 0 Å². The van der Waals surface area contributed by atoms with Crippen LogP contribution in [0.2, 0.25) is 0 Å². The molecule has 202 valence electrons. The molecule has 10 heteroatoms. The normalized spacial score (nSPS) is 23.8. The highest BCUT2D eigenvalue weighted by atomic mass is 35.5. The molecule has 0 spiro atoms. The molecule has 3 saturated heterocycles. The van der Waals surface area contributed by atoms with Gasteiger partial charge in [-0.1, -0.05) is 0 Å². The highest BCUT2D eigenvalue weighted by Crippen LogP contribution is 2.29. The van der Waals surface area contributed by atoms with Crippen LogP contribution in [0.15, 0.2) is 48.5 Å². The van der Waals surface area contributed by atoms with Crippen molar-refractivity contribution in [3.63, 3.8) is 0 Å². The Morgan fingerprint density at radius 3 is 1.70 bits per heavy atom. The number of hydrogen-bond donors (Lipinski definition) is 2. The number of ether oxygens (including phenoxy) is 5. The summed E-state index contributed by atoms with van der Waals surface area (Å²) in [7, 11) is 0. The lowest BCUT2D eigenvalue weighted by Crippen LogP contribution is -2.48. The molecular weight excluding hydrogens is 500 g/mol. The number of halogens is 1. The number of aliphatic hydroxyl groups excluding tert-OH is 2. The maximum absolute atomic E-state index is 10.4. The molecule has 5 rings (SSSR count). The maximum atomic E-state index is 10.4. The lowest BCUT2D eigenvalue weighted by Gasteiger charge is -2.39. The van der Waals surface area contributed by atoms with Crippen LogP contribution in [-0.4, -0.2) is 93.0 Å². The lowest BCUT2D eigenvalue weighted by molar-refractivity contribution is -0.0541. The Morgan fingerprint density at radius 2 is 1.27 bits per heavy atom. The SMILES string of the molecule is OC(COc1ccc(N(CC(O)CCl)C2CCO2)cc1)COc1ccc(N(CC2CO2)C2CCO2)cc1. The zero-order valence-electron chi connectivity index (χ0n) is 20.8. The molecule has 2 aromatic rings. The fourth-order valence-electron chi connectivity index (χ4n) is 4.29. The van der Waals surface area contributed by atoms with Crippen molar-refractivity contribution in [3.8, 4) is 11.5 Å². The van der Waals surface area contributed by atoms with Gasteiger partial charge in [-0.05, 0) is 48.5 Å². The fourth-order valence-corrected chi connectivity index (χ4v) is 4.38. The Bertz CT molecular complexity index is 968. The van der Waals surface area contributed by atoms with Crippen molar-refractivity contribution >= 4 is 23.0 Å². The van der Waals surface area contributed by atoms with Crippen LogP contribution < -0.4 is 19.3 Å². The number of nitrogens with zero attached hydrogens (tertiary/aromatic N) is 2. The largest absolute Gasteiger partial charge is 0.491 e. The van der Waals surface area contributed by atoms with Crippen LogP contribution >= 0.6 is 11.6 Å². The van der Waals surface area contributed by atoms with Gasteiger partial charge in [0.25, 0.3) is 0 Å². The molecule has 37 heavy (non-hydrogen) atoms. The lowest BCUT2D eigenvalue weighted by atomic mass is 10.2. The zero-order valence-corrected chi connectivity index (χ0v) is 21.5. The predicted molar refractivity (Wildman–Crippen MR) is 140 cm³/mol. The average Bonchev–Trinajstić information content (AvgIpc) is 3.68. The summed E-state index contributed by atoms with van der Waals surface area (Å²) in [4.78, 5) is 4.24. The van der Waals surface area contributed by atoms with Gasteiger partial charge in [0.15, 0.2) is 0 Å². The molecule has 0 aliphatic carbocycles. The zero-order chi connectivity index (χ0) is 25.6. The Hall–Kier alpha value is -2.27. The number of anilines is 2. The van der Waals surface area contributed by atoms with E-state index in [1.54, 1.807) is 0 Å². The topological polar surface area (TPSA) is 96.4 Å². The first-order valence-electron chi connectivity index (χ1n) is 12.8. The van der Waals surface area contributed by atoms with E-state index >= 15 is 0 Å². The van der Waals surface area contributed by atoms with Gasteiger partial charge in [-0.15, -0.1) is 11.6 Å². The third-order valence-electron chi connectivity index (χ3n) is 6.66. The highest BCUT2D eigenvalue weighted by molar-refractivity contribution is 6.18. The first kappa shape index (κ1) is 26.3. The van der Waals surface area contributed by atoms with Crippen LogP contribution in [0, 0.1) is 0 Å². The molecule has 5 atom stereocenters. The average molecular weight is 535 g/mol. The summed E-state index contributed by atoms with van der Waals surface area (Å²) < 4.78 is 28.2. The summed E-state index contributed by atoms with van der Waals surface area (Å²) in [5.41, 5.74) is 1.99. The van der Waals surface area contributed by atoms with Crippen LogP contribution in [-0.2, 0) is 14.2 Å². The molecule has 3 aliphatic heterocycles. The second kappa shape index (κ2) is 12.5. The van der Waals surface area contributed by atoms with Crippen LogP contribution in [0.1, 0.15) is 12.8 Å². The minimum atomic E-state index is -0.787. The van der Waals surface area contributed by atoms with E-state index < -0.39 is 12.2 Å². The van der Waals surface area contributed by atoms with Crippen LogP contribution in [0.4, 0.5) is 11.4 Å². The van der Waals surface area contributed by atoms with Crippen LogP contribution in [0.3, 0.4) is 0 Å². The van der Waals surface area contributed by atoms with E-state index in [0.29, 0.717) is 24.7 Å². The standard InChI is InChI=1S/C27H35ClN2O7/c28-13-21(31)14-29(26-9-11-33-26)19-1-5-23(6-2-19)35-16-22(32)17-36-24-7-3-20(4-8-24)30(15-25-18-37-25)27-10-12-34-27/h1-8,21-22,25-27,31-32H,9-18H2. The van der Waals surface area contributed by atoms with E-state index in [1.807, 2.05) is 53.4 Å². The number of aliphatic hydroxyl groups is 2. The van der Waals surface area contributed by atoms with Gasteiger partial charge < -0.3 is 43.7 Å². The molecule has 0 radical (unpaired) electrons. The van der Waals surface area contributed by atoms with Gasteiger partial charge in [0.05, 0.1) is 37.9 Å². The summed E-state index contributed by atoms with van der Waals surface area (Å²) in [6.07, 6.45) is 0.835. The molecule has 9 nitrogen and oxygen atoms in total. The van der Waals surface area contributed by atoms with Gasteiger partial charge in [-0.25, -0.2) is 0 Å². The predicted octanol–water partition coefficient (Wildman–Crippen LogP) is 2.61. The quantitative estimate of drug-likeness (QED) is 0.264. The number of alkyl halides is 1. The van der Waals surface area contributed by atoms with Crippen LogP contribution in [0.25, 0.3) is 0 Å². The van der Waals surface area contributed by atoms with E-state index in [1.165, 1.54) is 0 Å². The second-order valence-electron chi connectivity index (χ2n) is 9.56. The van der Waals surface area contributed by atoms with Crippen molar-refractivity contribution < 1.29 is 33.9 Å². The van der Waals surface area contributed by atoms with Crippen molar-refractivity contribution in [1.82, 2.24) is 0 Å². The number of hydrogen-bond acceptors (Lipinski definition) is 9. The van der Waals surface area contributed by atoms with Crippen molar-refractivity contribution in [3.05, 3.63) is 48.5 Å². The van der Waals surface area contributed by atoms with Gasteiger partial charge >= 0.3 is 0 Å². The van der Waals surface area contributed by atoms with Gasteiger partial charge in [-0.2, -0.15) is 0 Å². The molecule has 0 amide bonds. The number of benzene rings is 2. The van der Waals surface area contributed by atoms with E-state index in [0.717, 1.165) is 44.0 Å². The summed E-state index contributed by atoms with van der Waals surface area (Å²) in [5.74, 6) is 1.48. The molecule has 3 aliphatic rings. The monoisotopic (exact) mass is 534 g/mol. The molecule has 0 bridgehead atoms. The van der Waals surface area contributed by atoms with E-state index in [9.17, 15) is 10.2 Å². The second-order valence-corrected chi connectivity index (χ2v) is 9.87. The Kier molecular flexibility index (Phi) is 8.91. The first-order chi connectivity index (χ1) is 18.1. The smallest absolute Gasteiger partial charge is 0.132 e. The molecule has 5 unspecified atom stereocenters. The van der Waals surface area contributed by atoms with Crippen molar-refractivity contribution in [2.75, 3.05) is 61.8 Å². The van der Waals surface area contributed by atoms with E-state index in [-0.39, 0.29) is 37.7 Å². The van der Waals surface area contributed by atoms with Crippen molar-refractivity contribution in [1.29, 1.82) is 0 Å². The molecule has 3 fully saturated rings. The summed E-state index contributed by atoms with van der Waals surface area (Å²) >= 11 is 5.78. The molecule has 2 aromatic carbocycles. The molecule has 0 aromatic heterocycles. The van der Waals surface area contributed by atoms with Gasteiger partial charge in [-0.3, -0.25) is 0 Å². The first-order valence-corrected chi connectivity index (χ1v) is 13.4. The Labute approximate surface area is 222 Å². The van der Waals surface area contributed by atoms with Crippen LogP contribution in [0.5, 0.6) is 11.5 Å². The fraction of sp³-hybridized carbons (Fsp3) is 0.556. The number of rotatable bonds is 15. The van der Waals surface area contributed by atoms with Crippen molar-refractivity contribution in [2.24, 2.45) is 0 Å². The van der Waals surface area contributed by atoms with E-state index in [4.69, 9.17) is 35.3 Å². The minimum absolute atomic E-state index is 0.0560. The third-order valence-corrected chi connectivity index (χ3v) is 7.01. The molecule has 0 saturated carbocycles. The molecule has 2 N–H and O–H groups in total. The summed E-state index contributed by atoms with van der Waals surface area (Å²) in [6.45, 7) is 3.76. The maximum Gasteiger partial charge on any atom is 0.132 e. The Morgan fingerprint density at radius 1 is 0.784 bits per heavy atom.